The summed E-state index contributed by atoms with van der Waals surface area (Å²) in [5, 5.41) is 10.3. The second kappa shape index (κ2) is 6.31. The third-order valence-electron chi connectivity index (χ3n) is 3.26. The molecule has 118 valence electrons. The van der Waals surface area contributed by atoms with E-state index >= 15 is 0 Å². The number of ether oxygens (including phenoxy) is 1. The highest BCUT2D eigenvalue weighted by Gasteiger charge is 2.31. The first-order chi connectivity index (χ1) is 10.3. The molecule has 2 aromatic rings. The molecule has 0 spiro atoms. The van der Waals surface area contributed by atoms with Gasteiger partial charge in [0.2, 0.25) is 0 Å². The fourth-order valence-electron chi connectivity index (χ4n) is 1.98. The minimum absolute atomic E-state index is 0.296. The standard InChI is InChI=1S/C15H15F3N2O2/c1-9(12-7-19-10(2)20-8-12)14(21)11-3-5-13(6-4-11)22-15(16,17)18/h3-9,14,21H,1-2H3. The van der Waals surface area contributed by atoms with Crippen LogP contribution in [0.5, 0.6) is 5.75 Å². The summed E-state index contributed by atoms with van der Waals surface area (Å²) in [6, 6.07) is 5.14. The van der Waals surface area contributed by atoms with E-state index in [-0.39, 0.29) is 11.7 Å². The summed E-state index contributed by atoms with van der Waals surface area (Å²) in [5.41, 5.74) is 1.23. The van der Waals surface area contributed by atoms with Gasteiger partial charge in [0.1, 0.15) is 11.6 Å². The average Bonchev–Trinajstić information content (AvgIpc) is 2.46. The Morgan fingerprint density at radius 1 is 1.05 bits per heavy atom. The van der Waals surface area contributed by atoms with Crippen LogP contribution < -0.4 is 4.74 Å². The van der Waals surface area contributed by atoms with Gasteiger partial charge in [-0.15, -0.1) is 13.2 Å². The lowest BCUT2D eigenvalue weighted by molar-refractivity contribution is -0.274. The van der Waals surface area contributed by atoms with Crippen molar-refractivity contribution >= 4 is 0 Å². The third kappa shape index (κ3) is 4.17. The number of halogens is 3. The van der Waals surface area contributed by atoms with E-state index in [0.29, 0.717) is 11.4 Å². The minimum atomic E-state index is -4.73. The van der Waals surface area contributed by atoms with Gasteiger partial charge in [-0.2, -0.15) is 0 Å². The van der Waals surface area contributed by atoms with E-state index in [1.807, 2.05) is 0 Å². The van der Waals surface area contributed by atoms with Crippen molar-refractivity contribution in [3.8, 4) is 5.75 Å². The number of benzene rings is 1. The number of aliphatic hydroxyl groups is 1. The molecule has 0 saturated heterocycles. The summed E-state index contributed by atoms with van der Waals surface area (Å²) in [4.78, 5) is 8.13. The van der Waals surface area contributed by atoms with Crippen LogP contribution in [0.15, 0.2) is 36.7 Å². The van der Waals surface area contributed by atoms with E-state index in [4.69, 9.17) is 0 Å². The molecule has 0 radical (unpaired) electrons. The van der Waals surface area contributed by atoms with Gasteiger partial charge in [-0.1, -0.05) is 19.1 Å². The molecule has 22 heavy (non-hydrogen) atoms. The van der Waals surface area contributed by atoms with Gasteiger partial charge >= 0.3 is 6.36 Å². The van der Waals surface area contributed by atoms with Crippen LogP contribution in [-0.4, -0.2) is 21.4 Å². The smallest absolute Gasteiger partial charge is 0.406 e. The van der Waals surface area contributed by atoms with Crippen LogP contribution in [0.3, 0.4) is 0 Å². The van der Waals surface area contributed by atoms with Crippen molar-refractivity contribution < 1.29 is 23.0 Å². The third-order valence-corrected chi connectivity index (χ3v) is 3.26. The van der Waals surface area contributed by atoms with Crippen molar-refractivity contribution in [1.29, 1.82) is 0 Å². The molecule has 0 aliphatic carbocycles. The number of aromatic nitrogens is 2. The minimum Gasteiger partial charge on any atom is -0.406 e. The van der Waals surface area contributed by atoms with Crippen molar-refractivity contribution in [2.24, 2.45) is 0 Å². The summed E-state index contributed by atoms with van der Waals surface area (Å²) in [5.74, 6) is 0.00356. The van der Waals surface area contributed by atoms with Crippen LogP contribution in [0.2, 0.25) is 0 Å². The van der Waals surface area contributed by atoms with Crippen molar-refractivity contribution in [1.82, 2.24) is 9.97 Å². The normalized spacial score (nSPS) is 14.5. The first-order valence-corrected chi connectivity index (χ1v) is 6.58. The van der Waals surface area contributed by atoms with Crippen LogP contribution in [0, 0.1) is 6.92 Å². The molecule has 1 aromatic carbocycles. The van der Waals surface area contributed by atoms with Crippen molar-refractivity contribution in [2.45, 2.75) is 32.2 Å². The van der Waals surface area contributed by atoms with E-state index in [2.05, 4.69) is 14.7 Å². The zero-order chi connectivity index (χ0) is 16.3. The highest BCUT2D eigenvalue weighted by molar-refractivity contribution is 5.30. The van der Waals surface area contributed by atoms with Gasteiger partial charge < -0.3 is 9.84 Å². The number of nitrogens with zero attached hydrogens (tertiary/aromatic N) is 2. The quantitative estimate of drug-likeness (QED) is 0.938. The fourth-order valence-corrected chi connectivity index (χ4v) is 1.98. The van der Waals surface area contributed by atoms with E-state index in [0.717, 1.165) is 5.56 Å². The van der Waals surface area contributed by atoms with Crippen molar-refractivity contribution in [3.63, 3.8) is 0 Å². The van der Waals surface area contributed by atoms with E-state index in [9.17, 15) is 18.3 Å². The average molecular weight is 312 g/mol. The monoisotopic (exact) mass is 312 g/mol. The van der Waals surface area contributed by atoms with E-state index in [1.165, 1.54) is 24.3 Å². The maximum absolute atomic E-state index is 12.1. The topological polar surface area (TPSA) is 55.2 Å². The van der Waals surface area contributed by atoms with E-state index < -0.39 is 12.5 Å². The summed E-state index contributed by atoms with van der Waals surface area (Å²) in [6.07, 6.45) is -2.37. The predicted molar refractivity (Wildman–Crippen MR) is 73.3 cm³/mol. The molecule has 4 nitrogen and oxygen atoms in total. The molecule has 2 rings (SSSR count). The lowest BCUT2D eigenvalue weighted by atomic mass is 9.92. The van der Waals surface area contributed by atoms with Crippen LogP contribution in [-0.2, 0) is 0 Å². The Balaban J connectivity index is 2.12. The molecule has 0 fully saturated rings. The van der Waals surface area contributed by atoms with Crippen molar-refractivity contribution in [3.05, 3.63) is 53.6 Å². The Morgan fingerprint density at radius 3 is 2.09 bits per heavy atom. The maximum atomic E-state index is 12.1. The zero-order valence-corrected chi connectivity index (χ0v) is 12.0. The van der Waals surface area contributed by atoms with Crippen LogP contribution in [0.4, 0.5) is 13.2 Å². The van der Waals surface area contributed by atoms with Crippen LogP contribution in [0.1, 0.15) is 35.9 Å². The SMILES string of the molecule is Cc1ncc(C(C)C(O)c2ccc(OC(F)(F)F)cc2)cn1. The summed E-state index contributed by atoms with van der Waals surface area (Å²) in [7, 11) is 0. The first-order valence-electron chi connectivity index (χ1n) is 6.58. The molecule has 0 aliphatic rings. The van der Waals surface area contributed by atoms with Gasteiger partial charge in [-0.3, -0.25) is 0 Å². The molecule has 0 saturated carbocycles. The molecule has 1 heterocycles. The predicted octanol–water partition coefficient (Wildman–Crippen LogP) is 3.52. The summed E-state index contributed by atoms with van der Waals surface area (Å²) < 4.78 is 40.1. The lowest BCUT2D eigenvalue weighted by Gasteiger charge is -2.19. The van der Waals surface area contributed by atoms with Crippen LogP contribution >= 0.6 is 0 Å². The fraction of sp³-hybridized carbons (Fsp3) is 0.333. The van der Waals surface area contributed by atoms with Gasteiger partial charge in [0.25, 0.3) is 0 Å². The lowest BCUT2D eigenvalue weighted by Crippen LogP contribution is -2.17. The molecule has 0 bridgehead atoms. The summed E-state index contributed by atoms with van der Waals surface area (Å²) in [6.45, 7) is 3.54. The zero-order valence-electron chi connectivity index (χ0n) is 12.0. The summed E-state index contributed by atoms with van der Waals surface area (Å²) >= 11 is 0. The first kappa shape index (κ1) is 16.2. The molecular formula is C15H15F3N2O2. The number of aryl methyl sites for hydroxylation is 1. The Bertz CT molecular complexity index is 612. The van der Waals surface area contributed by atoms with Gasteiger partial charge in [0.05, 0.1) is 6.10 Å². The Morgan fingerprint density at radius 2 is 1.59 bits per heavy atom. The second-order valence-corrected chi connectivity index (χ2v) is 4.91. The Hall–Kier alpha value is -2.15. The molecule has 2 atom stereocenters. The molecule has 1 N–H and O–H groups in total. The second-order valence-electron chi connectivity index (χ2n) is 4.91. The largest absolute Gasteiger partial charge is 0.573 e. The number of aliphatic hydroxyl groups excluding tert-OH is 1. The van der Waals surface area contributed by atoms with E-state index in [1.54, 1.807) is 26.2 Å². The number of alkyl halides is 3. The number of rotatable bonds is 4. The van der Waals surface area contributed by atoms with Gasteiger partial charge in [-0.25, -0.2) is 9.97 Å². The van der Waals surface area contributed by atoms with Crippen molar-refractivity contribution in [2.75, 3.05) is 0 Å². The highest BCUT2D eigenvalue weighted by atomic mass is 19.4. The maximum Gasteiger partial charge on any atom is 0.573 e. The number of hydrogen-bond donors (Lipinski definition) is 1. The van der Waals surface area contributed by atoms with Crippen LogP contribution in [0.25, 0.3) is 0 Å². The van der Waals surface area contributed by atoms with Gasteiger partial charge in [0.15, 0.2) is 0 Å². The Kier molecular flexibility index (Phi) is 4.65. The Labute approximate surface area is 125 Å². The van der Waals surface area contributed by atoms with Gasteiger partial charge in [-0.05, 0) is 30.2 Å². The molecule has 7 heteroatoms. The highest BCUT2D eigenvalue weighted by Crippen LogP contribution is 2.31. The molecule has 0 aliphatic heterocycles. The molecule has 1 aromatic heterocycles. The van der Waals surface area contributed by atoms with Gasteiger partial charge in [0, 0.05) is 18.3 Å². The number of hydrogen-bond acceptors (Lipinski definition) is 4. The molecule has 0 amide bonds. The molecular weight excluding hydrogens is 297 g/mol. The molecule has 2 unspecified atom stereocenters.